The van der Waals surface area contributed by atoms with Crippen LogP contribution in [0.3, 0.4) is 0 Å². The zero-order chi connectivity index (χ0) is 35.2. The molecule has 6 unspecified atom stereocenters. The molecule has 3 fully saturated rings. The minimum absolute atomic E-state index is 0.0315. The largest absolute Gasteiger partial charge is 0.508 e. The van der Waals surface area contributed by atoms with E-state index in [2.05, 4.69) is 0 Å². The number of carboxylic acid groups (broad SMARTS) is 1. The van der Waals surface area contributed by atoms with E-state index in [0.29, 0.717) is 49.3 Å². The third-order valence-corrected chi connectivity index (χ3v) is 11.2. The first-order chi connectivity index (χ1) is 24.1. The number of para-hydroxylation sites is 1. The number of carbonyl (C=O) groups excluding carboxylic acids is 4. The Kier molecular flexibility index (Phi) is 8.80. The van der Waals surface area contributed by atoms with Crippen LogP contribution in [0, 0.1) is 29.1 Å². The van der Waals surface area contributed by atoms with Gasteiger partial charge in [0.2, 0.25) is 23.6 Å². The van der Waals surface area contributed by atoms with E-state index in [4.69, 9.17) is 9.84 Å². The van der Waals surface area contributed by atoms with Crippen molar-refractivity contribution >= 4 is 35.3 Å². The van der Waals surface area contributed by atoms with E-state index < -0.39 is 41.0 Å². The summed E-state index contributed by atoms with van der Waals surface area (Å²) in [6.45, 7) is 2.30. The lowest BCUT2D eigenvalue weighted by atomic mass is 9.51. The molecule has 0 aromatic heterocycles. The summed E-state index contributed by atoms with van der Waals surface area (Å²) >= 11 is 0. The molecule has 258 valence electrons. The van der Waals surface area contributed by atoms with Gasteiger partial charge in [-0.25, -0.2) is 4.90 Å². The van der Waals surface area contributed by atoms with Crippen LogP contribution in [-0.2, 0) is 30.6 Å². The predicted molar refractivity (Wildman–Crippen MR) is 183 cm³/mol. The maximum Gasteiger partial charge on any atom is 0.303 e. The maximum absolute atomic E-state index is 14.6. The van der Waals surface area contributed by atoms with Gasteiger partial charge in [0.15, 0.2) is 0 Å². The normalized spacial score (nSPS) is 27.1. The van der Waals surface area contributed by atoms with Gasteiger partial charge in [-0.05, 0) is 62.3 Å². The molecule has 1 saturated carbocycles. The Balaban J connectivity index is 1.24. The number of amides is 4. The Morgan fingerprint density at radius 2 is 1.60 bits per heavy atom. The molecule has 4 amide bonds. The molecule has 2 heterocycles. The van der Waals surface area contributed by atoms with Crippen LogP contribution in [0.5, 0.6) is 11.5 Å². The van der Waals surface area contributed by atoms with Gasteiger partial charge in [-0.15, -0.1) is 0 Å². The monoisotopic (exact) mass is 676 g/mol. The molecule has 10 heteroatoms. The fourth-order valence-corrected chi connectivity index (χ4v) is 8.79. The van der Waals surface area contributed by atoms with E-state index >= 15 is 0 Å². The molecule has 3 aromatic rings. The topological polar surface area (TPSA) is 142 Å². The molecule has 7 rings (SSSR count). The van der Waals surface area contributed by atoms with Gasteiger partial charge in [0, 0.05) is 30.5 Å². The van der Waals surface area contributed by atoms with E-state index in [0.717, 1.165) is 11.1 Å². The van der Waals surface area contributed by atoms with Crippen LogP contribution in [0.25, 0.3) is 0 Å². The molecule has 2 aliphatic carbocycles. The number of ether oxygens (including phenoxy) is 1. The summed E-state index contributed by atoms with van der Waals surface area (Å²) in [7, 11) is 0. The lowest BCUT2D eigenvalue weighted by molar-refractivity contribution is -0.141. The van der Waals surface area contributed by atoms with Crippen LogP contribution in [-0.4, -0.2) is 51.3 Å². The van der Waals surface area contributed by atoms with Crippen LogP contribution in [0.4, 0.5) is 5.69 Å². The van der Waals surface area contributed by atoms with Crippen molar-refractivity contribution in [2.24, 2.45) is 29.1 Å². The quantitative estimate of drug-likeness (QED) is 0.147. The number of imide groups is 2. The minimum Gasteiger partial charge on any atom is -0.508 e. The number of carboxylic acids is 1. The lowest BCUT2D eigenvalue weighted by Crippen LogP contribution is -2.48. The van der Waals surface area contributed by atoms with Gasteiger partial charge < -0.3 is 14.9 Å². The Morgan fingerprint density at radius 1 is 0.880 bits per heavy atom. The van der Waals surface area contributed by atoms with Crippen LogP contribution in [0.1, 0.15) is 62.5 Å². The molecule has 2 N–H and O–H groups in total. The molecule has 10 nitrogen and oxygen atoms in total. The highest BCUT2D eigenvalue weighted by Crippen LogP contribution is 2.64. The van der Waals surface area contributed by atoms with Crippen molar-refractivity contribution in [2.45, 2.75) is 58.0 Å². The lowest BCUT2D eigenvalue weighted by Gasteiger charge is -2.49. The van der Waals surface area contributed by atoms with Crippen LogP contribution in [0.15, 0.2) is 90.5 Å². The number of likely N-dealkylation sites (tertiary alicyclic amines) is 1. The Morgan fingerprint density at radius 3 is 2.30 bits per heavy atom. The fraction of sp³-hybridized carbons (Fsp3) is 0.375. The first-order valence-electron chi connectivity index (χ1n) is 17.3. The Labute approximate surface area is 290 Å². The SMILES string of the molecule is CC12C(=O)N(c3ccccc3)C(=O)C1CC1C(=CCC3C(=O)N(CCCCCC(=O)O)C(=O)C31)C2c1ccc(OCc2ccccc2)cc1O. The second-order valence-electron chi connectivity index (χ2n) is 14.0. The number of aliphatic carboxylic acids is 1. The molecular formula is C40H40N2O8. The Hall–Kier alpha value is -5.25. The van der Waals surface area contributed by atoms with Crippen LogP contribution >= 0.6 is 0 Å². The first kappa shape index (κ1) is 33.3. The molecule has 0 bridgehead atoms. The summed E-state index contributed by atoms with van der Waals surface area (Å²) in [4.78, 5) is 70.1. The molecule has 2 aliphatic heterocycles. The molecule has 0 radical (unpaired) electrons. The number of phenolic OH excluding ortho intramolecular Hbond substituents is 1. The number of phenols is 1. The number of unbranched alkanes of at least 4 members (excludes halogenated alkanes) is 2. The number of hydrogen-bond acceptors (Lipinski definition) is 7. The van der Waals surface area contributed by atoms with Crippen molar-refractivity contribution in [1.29, 1.82) is 0 Å². The van der Waals surface area contributed by atoms with E-state index in [-0.39, 0.29) is 48.8 Å². The van der Waals surface area contributed by atoms with Gasteiger partial charge in [0.05, 0.1) is 28.9 Å². The number of fused-ring (bicyclic) bond motifs is 4. The van der Waals surface area contributed by atoms with Crippen molar-refractivity contribution in [3.63, 3.8) is 0 Å². The fourth-order valence-electron chi connectivity index (χ4n) is 8.79. The highest BCUT2D eigenvalue weighted by Gasteiger charge is 2.67. The van der Waals surface area contributed by atoms with Crippen molar-refractivity contribution in [1.82, 2.24) is 4.90 Å². The summed E-state index contributed by atoms with van der Waals surface area (Å²) in [5, 5.41) is 20.6. The number of anilines is 1. The second-order valence-corrected chi connectivity index (χ2v) is 14.0. The predicted octanol–water partition coefficient (Wildman–Crippen LogP) is 5.85. The number of benzene rings is 3. The zero-order valence-electron chi connectivity index (χ0n) is 27.9. The number of allylic oxidation sites excluding steroid dienone is 2. The first-order valence-corrected chi connectivity index (χ1v) is 17.3. The second kappa shape index (κ2) is 13.2. The smallest absolute Gasteiger partial charge is 0.303 e. The average Bonchev–Trinajstić information content (AvgIpc) is 3.47. The summed E-state index contributed by atoms with van der Waals surface area (Å²) in [5.41, 5.74) is 1.40. The molecular weight excluding hydrogens is 636 g/mol. The molecule has 3 aromatic carbocycles. The number of hydrogen-bond donors (Lipinski definition) is 2. The molecule has 0 spiro atoms. The molecule has 50 heavy (non-hydrogen) atoms. The van der Waals surface area contributed by atoms with Gasteiger partial charge in [-0.3, -0.25) is 28.9 Å². The summed E-state index contributed by atoms with van der Waals surface area (Å²) in [5.74, 6) is -5.11. The van der Waals surface area contributed by atoms with E-state index in [9.17, 15) is 29.1 Å². The van der Waals surface area contributed by atoms with Crippen molar-refractivity contribution in [3.8, 4) is 11.5 Å². The summed E-state index contributed by atoms with van der Waals surface area (Å²) in [6, 6.07) is 23.4. The van der Waals surface area contributed by atoms with Crippen molar-refractivity contribution in [2.75, 3.05) is 11.4 Å². The summed E-state index contributed by atoms with van der Waals surface area (Å²) in [6.07, 6.45) is 4.05. The Bertz CT molecular complexity index is 1870. The highest BCUT2D eigenvalue weighted by molar-refractivity contribution is 6.24. The zero-order valence-corrected chi connectivity index (χ0v) is 27.9. The van der Waals surface area contributed by atoms with Gasteiger partial charge in [0.25, 0.3) is 0 Å². The van der Waals surface area contributed by atoms with E-state index in [1.807, 2.05) is 42.5 Å². The third-order valence-electron chi connectivity index (χ3n) is 11.2. The number of nitrogens with zero attached hydrogens (tertiary/aromatic N) is 2. The van der Waals surface area contributed by atoms with Crippen LogP contribution < -0.4 is 9.64 Å². The summed E-state index contributed by atoms with van der Waals surface area (Å²) < 4.78 is 5.98. The molecule has 4 aliphatic rings. The van der Waals surface area contributed by atoms with Gasteiger partial charge in [-0.2, -0.15) is 0 Å². The van der Waals surface area contributed by atoms with Crippen LogP contribution in [0.2, 0.25) is 0 Å². The van der Waals surface area contributed by atoms with Crippen molar-refractivity contribution < 1.29 is 38.9 Å². The molecule has 6 atom stereocenters. The standard InChI is InChI=1S/C40H40N2O8/c1-40-31(37(47)42(39(40)49)25-13-7-3-8-14-25)22-30-27(18-19-29-34(30)38(48)41(36(29)46)20-10-4-9-15-33(44)45)35(40)28-17-16-26(21-32(28)43)50-23-24-11-5-2-6-12-24/h2-3,5-8,11-14,16-18,21,29-31,34-35,43H,4,9-10,15,19-20,22-23H2,1H3,(H,44,45). The minimum atomic E-state index is -1.28. The number of rotatable bonds is 11. The van der Waals surface area contributed by atoms with Gasteiger partial charge in [0.1, 0.15) is 18.1 Å². The third kappa shape index (κ3) is 5.56. The number of aromatic hydroxyl groups is 1. The van der Waals surface area contributed by atoms with Crippen molar-refractivity contribution in [3.05, 3.63) is 102 Å². The molecule has 2 saturated heterocycles. The highest BCUT2D eigenvalue weighted by atomic mass is 16.5. The van der Waals surface area contributed by atoms with E-state index in [1.54, 1.807) is 43.3 Å². The number of carbonyl (C=O) groups is 5. The van der Waals surface area contributed by atoms with Gasteiger partial charge >= 0.3 is 5.97 Å². The van der Waals surface area contributed by atoms with E-state index in [1.165, 1.54) is 15.9 Å². The average molecular weight is 677 g/mol. The van der Waals surface area contributed by atoms with Gasteiger partial charge in [-0.1, -0.05) is 72.7 Å². The maximum atomic E-state index is 14.6.